The van der Waals surface area contributed by atoms with Gasteiger partial charge in [-0.05, 0) is 66.3 Å². The van der Waals surface area contributed by atoms with Gasteiger partial charge in [0, 0.05) is 49.4 Å². The monoisotopic (exact) mass is 451 g/mol. The van der Waals surface area contributed by atoms with Crippen LogP contribution in [-0.4, -0.2) is 42.6 Å². The van der Waals surface area contributed by atoms with Crippen molar-refractivity contribution in [3.8, 4) is 11.8 Å². The Hall–Kier alpha value is -4.11. The van der Waals surface area contributed by atoms with Crippen LogP contribution in [0.3, 0.4) is 0 Å². The van der Waals surface area contributed by atoms with Gasteiger partial charge in [0.15, 0.2) is 11.5 Å². The second-order valence-electron chi connectivity index (χ2n) is 8.88. The molecule has 1 spiro atoms. The standard InChI is InChI=1S/C28H25N3O3/c1-20(32)31-19-28(24-17-22(18-29)8-11-25(24)31)13-15-30(16-14-28)27(33)26-12-10-23(34-26)9-7-21-5-3-2-4-6-21/h2-6,8,10-12,17-18,29H,13-16,19H2,1H3. The molecule has 3 aromatic rings. The van der Waals surface area contributed by atoms with Crippen molar-refractivity contribution in [2.45, 2.75) is 25.2 Å². The highest BCUT2D eigenvalue weighted by molar-refractivity contribution is 5.96. The van der Waals surface area contributed by atoms with E-state index in [1.807, 2.05) is 58.3 Å². The molecular weight excluding hydrogens is 426 g/mol. The Morgan fingerprint density at radius 2 is 1.79 bits per heavy atom. The molecule has 1 fully saturated rings. The number of hydrogen-bond acceptors (Lipinski definition) is 4. The van der Waals surface area contributed by atoms with Crippen LogP contribution in [0.15, 0.2) is 65.1 Å². The molecule has 2 amide bonds. The van der Waals surface area contributed by atoms with Gasteiger partial charge in [-0.3, -0.25) is 9.59 Å². The van der Waals surface area contributed by atoms with Gasteiger partial charge >= 0.3 is 0 Å². The van der Waals surface area contributed by atoms with Crippen molar-refractivity contribution in [3.63, 3.8) is 0 Å². The predicted molar refractivity (Wildman–Crippen MR) is 130 cm³/mol. The quantitative estimate of drug-likeness (QED) is 0.468. The van der Waals surface area contributed by atoms with E-state index < -0.39 is 0 Å². The van der Waals surface area contributed by atoms with Crippen LogP contribution in [0.1, 0.15) is 52.8 Å². The first-order chi connectivity index (χ1) is 16.5. The molecule has 0 aliphatic carbocycles. The average Bonchev–Trinajstić information content (AvgIpc) is 3.47. The first-order valence-electron chi connectivity index (χ1n) is 11.4. The van der Waals surface area contributed by atoms with Crippen molar-refractivity contribution >= 4 is 23.7 Å². The molecule has 3 heterocycles. The Bertz CT molecular complexity index is 1320. The minimum Gasteiger partial charge on any atom is -0.443 e. The number of fused-ring (bicyclic) bond motifs is 2. The van der Waals surface area contributed by atoms with E-state index in [-0.39, 0.29) is 23.0 Å². The smallest absolute Gasteiger partial charge is 0.289 e. The first kappa shape index (κ1) is 21.7. The fourth-order valence-electron chi connectivity index (χ4n) is 4.95. The van der Waals surface area contributed by atoms with E-state index in [4.69, 9.17) is 9.83 Å². The van der Waals surface area contributed by atoms with Gasteiger partial charge in [-0.15, -0.1) is 0 Å². The summed E-state index contributed by atoms with van der Waals surface area (Å²) < 4.78 is 5.73. The van der Waals surface area contributed by atoms with Crippen LogP contribution < -0.4 is 4.90 Å². The van der Waals surface area contributed by atoms with Crippen LogP contribution >= 0.6 is 0 Å². The molecule has 2 aliphatic heterocycles. The minimum atomic E-state index is -0.202. The molecule has 34 heavy (non-hydrogen) atoms. The Labute approximate surface area is 198 Å². The molecule has 1 N–H and O–H groups in total. The third kappa shape index (κ3) is 3.90. The number of nitrogens with one attached hydrogen (secondary N) is 1. The normalized spacial score (nSPS) is 16.0. The van der Waals surface area contributed by atoms with Crippen molar-refractivity contribution in [2.24, 2.45) is 0 Å². The SMILES string of the molecule is CC(=O)N1CC2(CCN(C(=O)c3ccc(C#Cc4ccccc4)o3)CC2)c2cc(C=N)ccc21. The summed E-state index contributed by atoms with van der Waals surface area (Å²) in [5.74, 6) is 6.63. The number of amides is 2. The summed E-state index contributed by atoms with van der Waals surface area (Å²) in [6.07, 6.45) is 2.83. The molecule has 0 saturated carbocycles. The second-order valence-corrected chi connectivity index (χ2v) is 8.88. The lowest BCUT2D eigenvalue weighted by Gasteiger charge is -2.39. The van der Waals surface area contributed by atoms with Crippen LogP contribution in [0.25, 0.3) is 0 Å². The predicted octanol–water partition coefficient (Wildman–Crippen LogP) is 4.22. The number of carbonyl (C=O) groups excluding carboxylic acids is 2. The van der Waals surface area contributed by atoms with Gasteiger partial charge < -0.3 is 19.6 Å². The molecule has 0 bridgehead atoms. The summed E-state index contributed by atoms with van der Waals surface area (Å²) in [4.78, 5) is 29.0. The van der Waals surface area contributed by atoms with Gasteiger partial charge in [0.05, 0.1) is 0 Å². The first-order valence-corrected chi connectivity index (χ1v) is 11.4. The van der Waals surface area contributed by atoms with Crippen molar-refractivity contribution in [1.29, 1.82) is 5.41 Å². The van der Waals surface area contributed by atoms with Gasteiger partial charge in [0.25, 0.3) is 5.91 Å². The summed E-state index contributed by atoms with van der Waals surface area (Å²) in [7, 11) is 0. The van der Waals surface area contributed by atoms with E-state index in [1.54, 1.807) is 19.1 Å². The largest absolute Gasteiger partial charge is 0.443 e. The van der Waals surface area contributed by atoms with Crippen molar-refractivity contribution in [1.82, 2.24) is 4.90 Å². The average molecular weight is 452 g/mol. The summed E-state index contributed by atoms with van der Waals surface area (Å²) in [6, 6.07) is 18.9. The molecule has 0 radical (unpaired) electrons. The zero-order chi connectivity index (χ0) is 23.7. The Kier molecular flexibility index (Phi) is 5.54. The highest BCUT2D eigenvalue weighted by atomic mass is 16.3. The maximum atomic E-state index is 13.1. The maximum Gasteiger partial charge on any atom is 0.289 e. The molecule has 0 atom stereocenters. The molecule has 1 saturated heterocycles. The van der Waals surface area contributed by atoms with Gasteiger partial charge in [-0.1, -0.05) is 30.2 Å². The maximum absolute atomic E-state index is 13.1. The fourth-order valence-corrected chi connectivity index (χ4v) is 4.95. The van der Waals surface area contributed by atoms with E-state index in [0.29, 0.717) is 25.4 Å². The Morgan fingerprint density at radius 3 is 2.50 bits per heavy atom. The van der Waals surface area contributed by atoms with Crippen molar-refractivity contribution in [3.05, 3.63) is 88.9 Å². The topological polar surface area (TPSA) is 77.6 Å². The lowest BCUT2D eigenvalue weighted by Crippen LogP contribution is -2.47. The highest BCUT2D eigenvalue weighted by Crippen LogP contribution is 2.47. The minimum absolute atomic E-state index is 0.0129. The summed E-state index contributed by atoms with van der Waals surface area (Å²) in [6.45, 7) is 3.34. The van der Waals surface area contributed by atoms with E-state index in [0.717, 1.165) is 35.2 Å². The number of anilines is 1. The van der Waals surface area contributed by atoms with Crippen molar-refractivity contribution < 1.29 is 14.0 Å². The Balaban J connectivity index is 1.31. The highest BCUT2D eigenvalue weighted by Gasteiger charge is 2.46. The zero-order valence-corrected chi connectivity index (χ0v) is 19.0. The van der Waals surface area contributed by atoms with Crippen LogP contribution in [0.4, 0.5) is 5.69 Å². The third-order valence-electron chi connectivity index (χ3n) is 6.82. The van der Waals surface area contributed by atoms with Crippen LogP contribution in [0.5, 0.6) is 0 Å². The number of nitrogens with zero attached hydrogens (tertiary/aromatic N) is 2. The van der Waals surface area contributed by atoms with E-state index >= 15 is 0 Å². The van der Waals surface area contributed by atoms with Crippen LogP contribution in [-0.2, 0) is 10.2 Å². The summed E-state index contributed by atoms with van der Waals surface area (Å²) in [5, 5.41) is 7.63. The molecular formula is C28H25N3O3. The van der Waals surface area contributed by atoms with Gasteiger partial charge in [0.2, 0.25) is 5.91 Å². The van der Waals surface area contributed by atoms with Gasteiger partial charge in [-0.2, -0.15) is 0 Å². The number of piperidine rings is 1. The lowest BCUT2D eigenvalue weighted by molar-refractivity contribution is -0.116. The number of carbonyl (C=O) groups is 2. The number of rotatable bonds is 2. The van der Waals surface area contributed by atoms with Gasteiger partial charge in [-0.25, -0.2) is 0 Å². The summed E-state index contributed by atoms with van der Waals surface area (Å²) >= 11 is 0. The molecule has 2 aliphatic rings. The van der Waals surface area contributed by atoms with E-state index in [9.17, 15) is 9.59 Å². The molecule has 170 valence electrons. The van der Waals surface area contributed by atoms with Crippen LogP contribution in [0.2, 0.25) is 0 Å². The van der Waals surface area contributed by atoms with E-state index in [1.165, 1.54) is 6.21 Å². The van der Waals surface area contributed by atoms with Crippen molar-refractivity contribution in [2.75, 3.05) is 24.5 Å². The molecule has 1 aromatic heterocycles. The number of furan rings is 1. The molecule has 6 heteroatoms. The van der Waals surface area contributed by atoms with Gasteiger partial charge in [0.1, 0.15) is 0 Å². The molecule has 0 unspecified atom stereocenters. The molecule has 5 rings (SSSR count). The zero-order valence-electron chi connectivity index (χ0n) is 19.0. The lowest BCUT2D eigenvalue weighted by atomic mass is 9.74. The number of likely N-dealkylation sites (tertiary alicyclic amines) is 1. The fraction of sp³-hybridized carbons (Fsp3) is 0.250. The third-order valence-corrected chi connectivity index (χ3v) is 6.82. The van der Waals surface area contributed by atoms with Crippen LogP contribution in [0, 0.1) is 17.3 Å². The number of benzene rings is 2. The molecule has 2 aromatic carbocycles. The Morgan fingerprint density at radius 1 is 1.03 bits per heavy atom. The summed E-state index contributed by atoms with van der Waals surface area (Å²) in [5.41, 5.74) is 3.53. The molecule has 6 nitrogen and oxygen atoms in total. The second kappa shape index (κ2) is 8.68. The van der Waals surface area contributed by atoms with E-state index in [2.05, 4.69) is 11.8 Å². The number of hydrogen-bond donors (Lipinski definition) is 1.